The van der Waals surface area contributed by atoms with Crippen LogP contribution in [0.3, 0.4) is 0 Å². The molecule has 1 atom stereocenters. The second-order valence-electron chi connectivity index (χ2n) is 9.27. The molecule has 1 unspecified atom stereocenters. The Labute approximate surface area is 228 Å². The van der Waals surface area contributed by atoms with Crippen molar-refractivity contribution in [3.63, 3.8) is 0 Å². The fourth-order valence-corrected chi connectivity index (χ4v) is 4.44. The monoisotopic (exact) mass is 518 g/mol. The molecule has 1 N–H and O–H groups in total. The quantitative estimate of drug-likeness (QED) is 0.225. The first-order valence-electron chi connectivity index (χ1n) is 12.7. The van der Waals surface area contributed by atoms with Crippen molar-refractivity contribution in [1.29, 1.82) is 0 Å². The van der Waals surface area contributed by atoms with Gasteiger partial charge in [-0.05, 0) is 72.1 Å². The molecule has 7 nitrogen and oxygen atoms in total. The molecular formula is C32H30N4O3. The van der Waals surface area contributed by atoms with Gasteiger partial charge in [-0.3, -0.25) is 9.80 Å². The van der Waals surface area contributed by atoms with Gasteiger partial charge in [0.25, 0.3) is 5.91 Å². The Morgan fingerprint density at radius 3 is 2.10 bits per heavy atom. The third kappa shape index (κ3) is 5.99. The van der Waals surface area contributed by atoms with Crippen LogP contribution >= 0.6 is 0 Å². The molecule has 196 valence electrons. The minimum absolute atomic E-state index is 0.0514. The van der Waals surface area contributed by atoms with E-state index >= 15 is 0 Å². The molecule has 1 heterocycles. The van der Waals surface area contributed by atoms with Crippen LogP contribution in [0.4, 0.5) is 5.69 Å². The summed E-state index contributed by atoms with van der Waals surface area (Å²) in [6.07, 6.45) is 2.41. The number of hydrogen-bond donors (Lipinski definition) is 1. The first-order valence-corrected chi connectivity index (χ1v) is 12.7. The molecule has 0 aromatic heterocycles. The first kappa shape index (κ1) is 25.7. The molecule has 5 rings (SSSR count). The van der Waals surface area contributed by atoms with Gasteiger partial charge in [-0.2, -0.15) is 10.2 Å². The van der Waals surface area contributed by atoms with Crippen molar-refractivity contribution < 1.29 is 14.3 Å². The van der Waals surface area contributed by atoms with Crippen LogP contribution in [0.25, 0.3) is 0 Å². The number of carbonyl (C=O) groups excluding carboxylic acids is 1. The highest BCUT2D eigenvalue weighted by Crippen LogP contribution is 2.37. The number of carbonyl (C=O) groups is 1. The summed E-state index contributed by atoms with van der Waals surface area (Å²) in [5, 5.41) is 11.2. The van der Waals surface area contributed by atoms with E-state index < -0.39 is 0 Å². The normalized spacial score (nSPS) is 14.8. The molecule has 1 aliphatic rings. The van der Waals surface area contributed by atoms with Crippen molar-refractivity contribution in [3.05, 3.63) is 125 Å². The van der Waals surface area contributed by atoms with Crippen molar-refractivity contribution in [2.45, 2.75) is 19.4 Å². The molecule has 0 bridgehead atoms. The Balaban J connectivity index is 1.33. The van der Waals surface area contributed by atoms with Gasteiger partial charge >= 0.3 is 0 Å². The highest BCUT2D eigenvalue weighted by molar-refractivity contribution is 6.03. The van der Waals surface area contributed by atoms with Gasteiger partial charge in [-0.25, -0.2) is 5.43 Å². The average Bonchev–Trinajstić information content (AvgIpc) is 3.43. The van der Waals surface area contributed by atoms with E-state index in [0.717, 1.165) is 40.3 Å². The summed E-state index contributed by atoms with van der Waals surface area (Å²) < 4.78 is 10.5. The number of rotatable bonds is 8. The molecule has 1 aliphatic heterocycles. The van der Waals surface area contributed by atoms with E-state index in [1.54, 1.807) is 44.7 Å². The summed E-state index contributed by atoms with van der Waals surface area (Å²) in [5.74, 6) is 1.23. The van der Waals surface area contributed by atoms with E-state index in [-0.39, 0.29) is 11.9 Å². The Morgan fingerprint density at radius 1 is 0.872 bits per heavy atom. The molecule has 1 amide bonds. The highest BCUT2D eigenvalue weighted by atomic mass is 16.5. The lowest BCUT2D eigenvalue weighted by molar-refractivity contribution is 0.0955. The summed E-state index contributed by atoms with van der Waals surface area (Å²) in [5.41, 5.74) is 9.45. The first-order chi connectivity index (χ1) is 19.0. The molecule has 4 aromatic rings. The zero-order valence-electron chi connectivity index (χ0n) is 22.2. The van der Waals surface area contributed by atoms with E-state index in [1.807, 2.05) is 36.4 Å². The van der Waals surface area contributed by atoms with Crippen molar-refractivity contribution in [2.24, 2.45) is 10.2 Å². The van der Waals surface area contributed by atoms with Gasteiger partial charge in [0.2, 0.25) is 0 Å². The summed E-state index contributed by atoms with van der Waals surface area (Å²) in [4.78, 5) is 12.3. The van der Waals surface area contributed by atoms with Crippen LogP contribution in [0.5, 0.6) is 11.5 Å². The van der Waals surface area contributed by atoms with Gasteiger partial charge in [-0.1, -0.05) is 54.1 Å². The molecule has 0 aliphatic carbocycles. The largest absolute Gasteiger partial charge is 0.497 e. The minimum atomic E-state index is -0.289. The van der Waals surface area contributed by atoms with E-state index in [0.29, 0.717) is 11.3 Å². The summed E-state index contributed by atoms with van der Waals surface area (Å²) in [6, 6.07) is 31.5. The second-order valence-corrected chi connectivity index (χ2v) is 9.27. The van der Waals surface area contributed by atoms with E-state index in [1.165, 1.54) is 5.56 Å². The zero-order chi connectivity index (χ0) is 27.2. The van der Waals surface area contributed by atoms with Crippen LogP contribution in [0.1, 0.15) is 45.1 Å². The SMILES string of the molecule is COc1ccc(C(=O)N/N=C/c2ccc(N3N=C(c4ccc(C)cc4)CC3c3ccc(OC)cc3)cc2)cc1. The number of nitrogens with zero attached hydrogens (tertiary/aromatic N) is 3. The molecule has 4 aromatic carbocycles. The van der Waals surface area contributed by atoms with Crippen molar-refractivity contribution in [1.82, 2.24) is 5.43 Å². The predicted octanol–water partition coefficient (Wildman–Crippen LogP) is 6.13. The third-order valence-corrected chi connectivity index (χ3v) is 6.69. The lowest BCUT2D eigenvalue weighted by Gasteiger charge is -2.24. The molecule has 0 spiro atoms. The number of anilines is 1. The lowest BCUT2D eigenvalue weighted by Crippen LogP contribution is -2.18. The van der Waals surface area contributed by atoms with E-state index in [4.69, 9.17) is 14.6 Å². The van der Waals surface area contributed by atoms with Crippen molar-refractivity contribution >= 4 is 23.5 Å². The molecule has 0 radical (unpaired) electrons. The average molecular weight is 519 g/mol. The van der Waals surface area contributed by atoms with Gasteiger partial charge < -0.3 is 9.47 Å². The van der Waals surface area contributed by atoms with Gasteiger partial charge in [0, 0.05) is 12.0 Å². The Bertz CT molecular complexity index is 1480. The number of nitrogens with one attached hydrogen (secondary N) is 1. The molecule has 0 saturated heterocycles. The van der Waals surface area contributed by atoms with Gasteiger partial charge in [0.15, 0.2) is 0 Å². The molecule has 0 fully saturated rings. The number of aryl methyl sites for hydroxylation is 1. The third-order valence-electron chi connectivity index (χ3n) is 6.69. The van der Waals surface area contributed by atoms with Crippen LogP contribution in [-0.2, 0) is 0 Å². The Hall–Kier alpha value is -4.91. The summed E-state index contributed by atoms with van der Waals surface area (Å²) >= 11 is 0. The van der Waals surface area contributed by atoms with Crippen LogP contribution in [0.15, 0.2) is 107 Å². The zero-order valence-corrected chi connectivity index (χ0v) is 22.2. The Kier molecular flexibility index (Phi) is 7.68. The van der Waals surface area contributed by atoms with Crippen LogP contribution < -0.4 is 19.9 Å². The summed E-state index contributed by atoms with van der Waals surface area (Å²) in [6.45, 7) is 2.09. The number of benzene rings is 4. The number of amides is 1. The fraction of sp³-hybridized carbons (Fsp3) is 0.156. The number of hydrogen-bond acceptors (Lipinski definition) is 6. The predicted molar refractivity (Wildman–Crippen MR) is 155 cm³/mol. The van der Waals surface area contributed by atoms with Crippen LogP contribution in [0.2, 0.25) is 0 Å². The molecular weight excluding hydrogens is 488 g/mol. The fourth-order valence-electron chi connectivity index (χ4n) is 4.44. The van der Waals surface area contributed by atoms with E-state index in [2.05, 4.69) is 58.9 Å². The second kappa shape index (κ2) is 11.6. The number of ether oxygens (including phenoxy) is 2. The Morgan fingerprint density at radius 2 is 1.49 bits per heavy atom. The lowest BCUT2D eigenvalue weighted by atomic mass is 9.97. The maximum absolute atomic E-state index is 12.3. The van der Waals surface area contributed by atoms with E-state index in [9.17, 15) is 4.79 Å². The minimum Gasteiger partial charge on any atom is -0.497 e. The van der Waals surface area contributed by atoms with Gasteiger partial charge in [0.05, 0.1) is 37.9 Å². The van der Waals surface area contributed by atoms with Gasteiger partial charge in [0.1, 0.15) is 11.5 Å². The standard InChI is InChI=1S/C32H30N4O3/c1-22-4-8-24(9-5-22)30-20-31(25-10-16-28(38-2)17-11-25)36(35-30)27-14-6-23(7-15-27)21-33-34-32(37)26-12-18-29(39-3)19-13-26/h4-19,21,31H,20H2,1-3H3,(H,34,37)/b33-21+. The maximum atomic E-state index is 12.3. The van der Waals surface area contributed by atoms with Crippen LogP contribution in [-0.4, -0.2) is 32.1 Å². The molecule has 0 saturated carbocycles. The molecule has 7 heteroatoms. The topological polar surface area (TPSA) is 75.5 Å². The van der Waals surface area contributed by atoms with Crippen LogP contribution in [0, 0.1) is 6.92 Å². The van der Waals surface area contributed by atoms with Crippen molar-refractivity contribution in [3.8, 4) is 11.5 Å². The number of hydrazone groups is 2. The van der Waals surface area contributed by atoms with Crippen molar-refractivity contribution in [2.75, 3.05) is 19.2 Å². The molecule has 39 heavy (non-hydrogen) atoms. The summed E-state index contributed by atoms with van der Waals surface area (Å²) in [7, 11) is 3.26. The highest BCUT2D eigenvalue weighted by Gasteiger charge is 2.30. The maximum Gasteiger partial charge on any atom is 0.271 e. The smallest absolute Gasteiger partial charge is 0.271 e. The van der Waals surface area contributed by atoms with Gasteiger partial charge in [-0.15, -0.1) is 0 Å². The number of methoxy groups -OCH3 is 2.